The molecule has 1 fully saturated rings. The number of nitrogens with zero attached hydrogens (tertiary/aromatic N) is 1. The molecule has 0 spiro atoms. The summed E-state index contributed by atoms with van der Waals surface area (Å²) in [6.45, 7) is 4.94. The highest BCUT2D eigenvalue weighted by atomic mass is 32.2. The Morgan fingerprint density at radius 1 is 1.35 bits per heavy atom. The zero-order valence-corrected chi connectivity index (χ0v) is 12.7. The van der Waals surface area contributed by atoms with Crippen molar-refractivity contribution in [3.63, 3.8) is 0 Å². The average Bonchev–Trinajstić information content (AvgIpc) is 2.55. The number of carbonyl (C=O) groups excluding carboxylic acids is 2. The predicted molar refractivity (Wildman–Crippen MR) is 70.3 cm³/mol. The second-order valence-electron chi connectivity index (χ2n) is 5.78. The first-order valence-electron chi connectivity index (χ1n) is 6.08. The Morgan fingerprint density at radius 3 is 2.35 bits per heavy atom. The van der Waals surface area contributed by atoms with Crippen LogP contribution in [0, 0.1) is 0 Å². The monoisotopic (exact) mass is 308 g/mol. The van der Waals surface area contributed by atoms with E-state index in [1.165, 1.54) is 0 Å². The molecule has 20 heavy (non-hydrogen) atoms. The SMILES string of the molecule is CC(C)(C)OC(=O)N1C[C@H](O)C[C@H]1C(=O)NS(C)(=O)=O. The first-order chi connectivity index (χ1) is 8.89. The van der Waals surface area contributed by atoms with Crippen LogP contribution in [0.2, 0.25) is 0 Å². The number of nitrogens with one attached hydrogen (secondary N) is 1. The Kier molecular flexibility index (Phi) is 4.65. The minimum atomic E-state index is -3.72. The van der Waals surface area contributed by atoms with Crippen LogP contribution in [-0.4, -0.2) is 61.0 Å². The minimum Gasteiger partial charge on any atom is -0.444 e. The summed E-state index contributed by atoms with van der Waals surface area (Å²) in [4.78, 5) is 24.8. The van der Waals surface area contributed by atoms with Gasteiger partial charge in [-0.2, -0.15) is 0 Å². The summed E-state index contributed by atoms with van der Waals surface area (Å²) in [6, 6.07) is -1.06. The van der Waals surface area contributed by atoms with Crippen LogP contribution in [0.3, 0.4) is 0 Å². The van der Waals surface area contributed by atoms with Crippen LogP contribution in [0.5, 0.6) is 0 Å². The van der Waals surface area contributed by atoms with Crippen LogP contribution in [-0.2, 0) is 19.6 Å². The summed E-state index contributed by atoms with van der Waals surface area (Å²) in [5.74, 6) is -0.852. The van der Waals surface area contributed by atoms with Gasteiger partial charge in [-0.1, -0.05) is 0 Å². The first-order valence-corrected chi connectivity index (χ1v) is 7.97. The van der Waals surface area contributed by atoms with E-state index in [9.17, 15) is 23.1 Å². The molecule has 0 aromatic rings. The molecule has 2 atom stereocenters. The van der Waals surface area contributed by atoms with Crippen molar-refractivity contribution in [3.05, 3.63) is 0 Å². The normalized spacial score (nSPS) is 23.6. The molecule has 0 bridgehead atoms. The van der Waals surface area contributed by atoms with Gasteiger partial charge in [0.2, 0.25) is 10.0 Å². The third-order valence-electron chi connectivity index (χ3n) is 2.50. The van der Waals surface area contributed by atoms with Gasteiger partial charge >= 0.3 is 6.09 Å². The van der Waals surface area contributed by atoms with Crippen molar-refractivity contribution in [2.24, 2.45) is 0 Å². The fraction of sp³-hybridized carbons (Fsp3) is 0.818. The number of rotatable bonds is 2. The van der Waals surface area contributed by atoms with Crippen molar-refractivity contribution in [3.8, 4) is 0 Å². The molecule has 2 amide bonds. The molecule has 0 aromatic heterocycles. The van der Waals surface area contributed by atoms with Gasteiger partial charge < -0.3 is 9.84 Å². The molecule has 2 N–H and O–H groups in total. The molecule has 1 rings (SSSR count). The quantitative estimate of drug-likeness (QED) is 0.706. The average molecular weight is 308 g/mol. The maximum atomic E-state index is 12.0. The number of likely N-dealkylation sites (tertiary alicyclic amines) is 1. The molecule has 0 unspecified atom stereocenters. The maximum Gasteiger partial charge on any atom is 0.411 e. The first kappa shape index (κ1) is 16.7. The van der Waals surface area contributed by atoms with E-state index in [1.807, 2.05) is 0 Å². The Bertz CT molecular complexity index is 496. The van der Waals surface area contributed by atoms with Crippen LogP contribution in [0.15, 0.2) is 0 Å². The van der Waals surface area contributed by atoms with Crippen LogP contribution in [0.25, 0.3) is 0 Å². The smallest absolute Gasteiger partial charge is 0.411 e. The number of β-amino-alcohol motifs (C(OH)–C–C–N with tert-alkyl or cyclic N) is 1. The van der Waals surface area contributed by atoms with Crippen molar-refractivity contribution in [2.75, 3.05) is 12.8 Å². The van der Waals surface area contributed by atoms with Crippen LogP contribution in [0.4, 0.5) is 4.79 Å². The standard InChI is InChI=1S/C11H20N2O6S/c1-11(2,3)19-10(16)13-6-7(14)5-8(13)9(15)12-20(4,17)18/h7-8,14H,5-6H2,1-4H3,(H,12,15)/t7-,8+/m1/s1. The molecule has 0 aliphatic carbocycles. The number of ether oxygens (including phenoxy) is 1. The number of aliphatic hydroxyl groups is 1. The van der Waals surface area contributed by atoms with Gasteiger partial charge in [0.25, 0.3) is 5.91 Å². The third kappa shape index (κ3) is 4.97. The van der Waals surface area contributed by atoms with Gasteiger partial charge in [0.05, 0.1) is 18.9 Å². The van der Waals surface area contributed by atoms with Crippen LogP contribution >= 0.6 is 0 Å². The van der Waals surface area contributed by atoms with Gasteiger partial charge in [-0.3, -0.25) is 14.4 Å². The number of sulfonamides is 1. The fourth-order valence-corrected chi connectivity index (χ4v) is 2.34. The molecule has 0 saturated carbocycles. The van der Waals surface area contributed by atoms with Crippen molar-refractivity contribution in [1.82, 2.24) is 9.62 Å². The molecule has 9 heteroatoms. The van der Waals surface area contributed by atoms with Crippen LogP contribution < -0.4 is 4.72 Å². The Morgan fingerprint density at radius 2 is 1.90 bits per heavy atom. The van der Waals surface area contributed by atoms with Gasteiger partial charge in [0.15, 0.2) is 0 Å². The lowest BCUT2D eigenvalue weighted by Crippen LogP contribution is -2.48. The minimum absolute atomic E-state index is 0.0272. The highest BCUT2D eigenvalue weighted by molar-refractivity contribution is 7.89. The summed E-state index contributed by atoms with van der Waals surface area (Å²) in [5, 5.41) is 9.59. The van der Waals surface area contributed by atoms with E-state index in [-0.39, 0.29) is 13.0 Å². The van der Waals surface area contributed by atoms with E-state index >= 15 is 0 Å². The van der Waals surface area contributed by atoms with E-state index in [0.717, 1.165) is 11.2 Å². The Balaban J connectivity index is 2.83. The van der Waals surface area contributed by atoms with E-state index in [4.69, 9.17) is 4.74 Å². The molecule has 1 saturated heterocycles. The molecule has 116 valence electrons. The van der Waals surface area contributed by atoms with Gasteiger partial charge in [0, 0.05) is 6.42 Å². The van der Waals surface area contributed by atoms with E-state index in [1.54, 1.807) is 25.5 Å². The largest absolute Gasteiger partial charge is 0.444 e. The summed E-state index contributed by atoms with van der Waals surface area (Å²) in [6.07, 6.45) is -0.838. The summed E-state index contributed by atoms with van der Waals surface area (Å²) in [7, 11) is -3.72. The van der Waals surface area contributed by atoms with Crippen molar-refractivity contribution >= 4 is 22.0 Å². The van der Waals surface area contributed by atoms with Crippen LogP contribution in [0.1, 0.15) is 27.2 Å². The van der Waals surface area contributed by atoms with Crippen molar-refractivity contribution in [2.45, 2.75) is 44.9 Å². The van der Waals surface area contributed by atoms with E-state index in [2.05, 4.69) is 0 Å². The Labute approximate surface area is 118 Å². The number of hydrogen-bond donors (Lipinski definition) is 2. The predicted octanol–water partition coefficient (Wildman–Crippen LogP) is -0.567. The van der Waals surface area contributed by atoms with Gasteiger partial charge in [-0.25, -0.2) is 13.2 Å². The summed E-state index contributed by atoms with van der Waals surface area (Å²) in [5.41, 5.74) is -0.748. The van der Waals surface area contributed by atoms with Gasteiger partial charge in [-0.15, -0.1) is 0 Å². The van der Waals surface area contributed by atoms with Gasteiger partial charge in [-0.05, 0) is 20.8 Å². The second kappa shape index (κ2) is 5.57. The summed E-state index contributed by atoms with van der Waals surface area (Å²) < 4.78 is 29.0. The highest BCUT2D eigenvalue weighted by Gasteiger charge is 2.41. The third-order valence-corrected chi connectivity index (χ3v) is 3.07. The molecule has 0 radical (unpaired) electrons. The Hall–Kier alpha value is -1.35. The lowest BCUT2D eigenvalue weighted by Gasteiger charge is -2.27. The zero-order valence-electron chi connectivity index (χ0n) is 11.9. The highest BCUT2D eigenvalue weighted by Crippen LogP contribution is 2.21. The van der Waals surface area contributed by atoms with E-state index < -0.39 is 39.8 Å². The topological polar surface area (TPSA) is 113 Å². The second-order valence-corrected chi connectivity index (χ2v) is 7.52. The molecular formula is C11H20N2O6S. The van der Waals surface area contributed by atoms with E-state index in [0.29, 0.717) is 0 Å². The van der Waals surface area contributed by atoms with Gasteiger partial charge in [0.1, 0.15) is 11.6 Å². The van der Waals surface area contributed by atoms with Crippen molar-refractivity contribution < 1.29 is 27.9 Å². The number of hydrogen-bond acceptors (Lipinski definition) is 6. The summed E-state index contributed by atoms with van der Waals surface area (Å²) >= 11 is 0. The molecule has 1 heterocycles. The fourth-order valence-electron chi connectivity index (χ4n) is 1.84. The zero-order chi connectivity index (χ0) is 15.7. The molecule has 0 aromatic carbocycles. The lowest BCUT2D eigenvalue weighted by molar-refractivity contribution is -0.123. The number of amides is 2. The molecular weight excluding hydrogens is 288 g/mol. The molecule has 1 aliphatic heterocycles. The number of carbonyl (C=O) groups is 2. The molecule has 8 nitrogen and oxygen atoms in total. The molecule has 1 aliphatic rings. The van der Waals surface area contributed by atoms with Crippen molar-refractivity contribution in [1.29, 1.82) is 0 Å². The number of aliphatic hydroxyl groups excluding tert-OH is 1. The maximum absolute atomic E-state index is 12.0. The lowest BCUT2D eigenvalue weighted by atomic mass is 10.2.